The Hall–Kier alpha value is -1.80. The zero-order chi connectivity index (χ0) is 15.5. The van der Waals surface area contributed by atoms with Gasteiger partial charge in [0.2, 0.25) is 0 Å². The van der Waals surface area contributed by atoms with Crippen LogP contribution in [0.4, 0.5) is 10.5 Å². The van der Waals surface area contributed by atoms with E-state index >= 15 is 0 Å². The molecule has 22 heavy (non-hydrogen) atoms. The number of alkyl carbamates (subject to hydrolysis) is 1. The van der Waals surface area contributed by atoms with E-state index in [0.29, 0.717) is 32.0 Å². The maximum atomic E-state index is 11.8. The van der Waals surface area contributed by atoms with Crippen LogP contribution in [-0.2, 0) is 9.47 Å². The summed E-state index contributed by atoms with van der Waals surface area (Å²) in [5, 5.41) is 8.98. The molecule has 0 spiro atoms. The summed E-state index contributed by atoms with van der Waals surface area (Å²) in [6.45, 7) is 2.32. The van der Waals surface area contributed by atoms with E-state index in [1.54, 1.807) is 0 Å². The number of carbonyl (C=O) groups is 1. The lowest BCUT2D eigenvalue weighted by molar-refractivity contribution is 0.0813. The third-order valence-electron chi connectivity index (χ3n) is 3.79. The van der Waals surface area contributed by atoms with Gasteiger partial charge in [-0.1, -0.05) is 11.6 Å². The Labute approximate surface area is 131 Å². The fourth-order valence-corrected chi connectivity index (χ4v) is 2.86. The second-order valence-corrected chi connectivity index (χ2v) is 5.74. The number of aromatic nitrogens is 2. The molecule has 2 atom stereocenters. The van der Waals surface area contributed by atoms with Crippen LogP contribution in [0.25, 0.3) is 0 Å². The Balaban J connectivity index is 1.54. The lowest BCUT2D eigenvalue weighted by atomic mass is 10.3. The molecular weight excluding hydrogens is 312 g/mol. The number of ether oxygens (including phenoxy) is 2. The molecule has 2 saturated heterocycles. The van der Waals surface area contributed by atoms with Gasteiger partial charge >= 0.3 is 6.09 Å². The third-order valence-corrected chi connectivity index (χ3v) is 4.15. The van der Waals surface area contributed by atoms with Gasteiger partial charge in [-0.25, -0.2) is 9.89 Å². The molecular formula is C13H17ClN4O4. The fourth-order valence-electron chi connectivity index (χ4n) is 2.65. The zero-order valence-electron chi connectivity index (χ0n) is 11.9. The first-order valence-corrected chi connectivity index (χ1v) is 7.54. The van der Waals surface area contributed by atoms with Crippen LogP contribution in [0, 0.1) is 0 Å². The maximum Gasteiger partial charge on any atom is 0.407 e. The number of aromatic amines is 1. The molecule has 1 aromatic heterocycles. The van der Waals surface area contributed by atoms with Gasteiger partial charge in [-0.3, -0.25) is 4.79 Å². The van der Waals surface area contributed by atoms with Gasteiger partial charge in [0, 0.05) is 19.5 Å². The quantitative estimate of drug-likeness (QED) is 0.839. The average Bonchev–Trinajstić information content (AvgIpc) is 3.14. The van der Waals surface area contributed by atoms with Crippen molar-refractivity contribution in [3.8, 4) is 0 Å². The summed E-state index contributed by atoms with van der Waals surface area (Å²) in [7, 11) is 0. The van der Waals surface area contributed by atoms with Crippen molar-refractivity contribution < 1.29 is 14.3 Å². The standard InChI is InChI=1S/C13H17ClN4O4/c14-11-10(5-15-17-12(11)19)18-3-1-8(6-18)16-13(20)22-9-2-4-21-7-9/h5,8-9H,1-4,6-7H2,(H,16,20)(H,17,19)/t8-,9?/m1/s1. The number of hydrogen-bond acceptors (Lipinski definition) is 6. The second kappa shape index (κ2) is 6.53. The van der Waals surface area contributed by atoms with Crippen molar-refractivity contribution in [1.29, 1.82) is 0 Å². The SMILES string of the molecule is O=C(N[C@@H]1CCN(c2cn[nH]c(=O)c2Cl)C1)OC1CCOC1. The summed E-state index contributed by atoms with van der Waals surface area (Å²) in [5.41, 5.74) is 0.156. The van der Waals surface area contributed by atoms with Crippen LogP contribution in [0.2, 0.25) is 5.02 Å². The van der Waals surface area contributed by atoms with Gasteiger partial charge in [-0.2, -0.15) is 5.10 Å². The summed E-state index contributed by atoms with van der Waals surface area (Å²) in [6, 6.07) is -0.0508. The van der Waals surface area contributed by atoms with E-state index in [9.17, 15) is 9.59 Å². The number of anilines is 1. The Morgan fingerprint density at radius 1 is 1.55 bits per heavy atom. The number of hydrogen-bond donors (Lipinski definition) is 2. The summed E-state index contributed by atoms with van der Waals surface area (Å²) in [6.07, 6.45) is 2.40. The lowest BCUT2D eigenvalue weighted by Crippen LogP contribution is -2.39. The molecule has 120 valence electrons. The number of halogens is 1. The molecule has 9 heteroatoms. The minimum absolute atomic E-state index is 0.0508. The van der Waals surface area contributed by atoms with Gasteiger partial charge in [0.05, 0.1) is 31.1 Å². The number of carbonyl (C=O) groups excluding carboxylic acids is 1. The van der Waals surface area contributed by atoms with Gasteiger partial charge in [-0.05, 0) is 6.42 Å². The van der Waals surface area contributed by atoms with Crippen molar-refractivity contribution in [2.75, 3.05) is 31.2 Å². The topological polar surface area (TPSA) is 96.6 Å². The number of H-pyrrole nitrogens is 1. The normalized spacial score (nSPS) is 24.5. The van der Waals surface area contributed by atoms with Crippen molar-refractivity contribution in [2.45, 2.75) is 25.0 Å². The first kappa shape index (κ1) is 15.1. The van der Waals surface area contributed by atoms with E-state index in [0.717, 1.165) is 12.8 Å². The van der Waals surface area contributed by atoms with Crippen molar-refractivity contribution in [3.05, 3.63) is 21.6 Å². The third kappa shape index (κ3) is 3.33. The van der Waals surface area contributed by atoms with Crippen LogP contribution in [0.1, 0.15) is 12.8 Å². The fraction of sp³-hybridized carbons (Fsp3) is 0.615. The van der Waals surface area contributed by atoms with Crippen molar-refractivity contribution >= 4 is 23.4 Å². The monoisotopic (exact) mass is 328 g/mol. The van der Waals surface area contributed by atoms with Crippen molar-refractivity contribution in [2.24, 2.45) is 0 Å². The van der Waals surface area contributed by atoms with Crippen LogP contribution in [0.3, 0.4) is 0 Å². The summed E-state index contributed by atoms with van der Waals surface area (Å²) < 4.78 is 10.4. The summed E-state index contributed by atoms with van der Waals surface area (Å²) in [4.78, 5) is 25.2. The number of nitrogens with zero attached hydrogens (tertiary/aromatic N) is 2. The number of amides is 1. The molecule has 8 nitrogen and oxygen atoms in total. The van der Waals surface area contributed by atoms with Gasteiger partial charge in [-0.15, -0.1) is 0 Å². The summed E-state index contributed by atoms with van der Waals surface area (Å²) in [5.74, 6) is 0. The van der Waals surface area contributed by atoms with Gasteiger partial charge in [0.15, 0.2) is 0 Å². The van der Waals surface area contributed by atoms with Gasteiger partial charge in [0.25, 0.3) is 5.56 Å². The molecule has 2 aliphatic heterocycles. The van der Waals surface area contributed by atoms with E-state index in [-0.39, 0.29) is 17.2 Å². The van der Waals surface area contributed by atoms with E-state index in [4.69, 9.17) is 21.1 Å². The zero-order valence-corrected chi connectivity index (χ0v) is 12.6. The van der Waals surface area contributed by atoms with E-state index in [1.807, 2.05) is 4.90 Å². The molecule has 0 saturated carbocycles. The highest BCUT2D eigenvalue weighted by molar-refractivity contribution is 6.33. The highest BCUT2D eigenvalue weighted by Gasteiger charge is 2.28. The molecule has 1 aromatic rings. The van der Waals surface area contributed by atoms with Gasteiger partial charge < -0.3 is 19.7 Å². The first-order chi connectivity index (χ1) is 10.6. The maximum absolute atomic E-state index is 11.8. The molecule has 2 aliphatic rings. The smallest absolute Gasteiger partial charge is 0.407 e. The Morgan fingerprint density at radius 3 is 3.18 bits per heavy atom. The molecule has 1 amide bonds. The highest BCUT2D eigenvalue weighted by atomic mass is 35.5. The van der Waals surface area contributed by atoms with E-state index in [2.05, 4.69) is 15.5 Å². The van der Waals surface area contributed by atoms with Crippen LogP contribution >= 0.6 is 11.6 Å². The molecule has 0 aromatic carbocycles. The molecule has 3 heterocycles. The minimum atomic E-state index is -0.433. The van der Waals surface area contributed by atoms with Crippen molar-refractivity contribution in [3.63, 3.8) is 0 Å². The lowest BCUT2D eigenvalue weighted by Gasteiger charge is -2.19. The predicted octanol–water partition coefficient (Wildman–Crippen LogP) is 0.517. The molecule has 2 N–H and O–H groups in total. The predicted molar refractivity (Wildman–Crippen MR) is 79.3 cm³/mol. The second-order valence-electron chi connectivity index (χ2n) is 5.37. The van der Waals surface area contributed by atoms with E-state index < -0.39 is 11.7 Å². The van der Waals surface area contributed by atoms with Crippen LogP contribution < -0.4 is 15.8 Å². The van der Waals surface area contributed by atoms with Crippen molar-refractivity contribution in [1.82, 2.24) is 15.5 Å². The number of rotatable bonds is 3. The van der Waals surface area contributed by atoms with Crippen LogP contribution in [-0.4, -0.2) is 54.7 Å². The first-order valence-electron chi connectivity index (χ1n) is 7.16. The van der Waals surface area contributed by atoms with Crippen LogP contribution in [0.15, 0.2) is 11.0 Å². The molecule has 0 aliphatic carbocycles. The Bertz CT molecular complexity index is 602. The summed E-state index contributed by atoms with van der Waals surface area (Å²) >= 11 is 5.99. The van der Waals surface area contributed by atoms with E-state index in [1.165, 1.54) is 6.20 Å². The highest BCUT2D eigenvalue weighted by Crippen LogP contribution is 2.24. The molecule has 3 rings (SSSR count). The van der Waals surface area contributed by atoms with Crippen LogP contribution in [0.5, 0.6) is 0 Å². The molecule has 1 unspecified atom stereocenters. The number of nitrogens with one attached hydrogen (secondary N) is 2. The molecule has 2 fully saturated rings. The Morgan fingerprint density at radius 2 is 2.41 bits per heavy atom. The Kier molecular flexibility index (Phi) is 4.49. The molecule has 0 radical (unpaired) electrons. The molecule has 0 bridgehead atoms. The average molecular weight is 329 g/mol. The largest absolute Gasteiger partial charge is 0.444 e. The van der Waals surface area contributed by atoms with Gasteiger partial charge in [0.1, 0.15) is 11.1 Å². The minimum Gasteiger partial charge on any atom is -0.444 e.